The van der Waals surface area contributed by atoms with Gasteiger partial charge in [0, 0.05) is 11.1 Å². The summed E-state index contributed by atoms with van der Waals surface area (Å²) in [6, 6.07) is 8.81. The molecule has 0 radical (unpaired) electrons. The fourth-order valence-electron chi connectivity index (χ4n) is 8.38. The number of hydrogen-bond donors (Lipinski definition) is 2. The second kappa shape index (κ2) is 7.86. The lowest BCUT2D eigenvalue weighted by Gasteiger charge is -2.60. The van der Waals surface area contributed by atoms with Crippen molar-refractivity contribution in [3.8, 4) is 0 Å². The Morgan fingerprint density at radius 2 is 1.69 bits per heavy atom. The molecule has 1 unspecified atom stereocenters. The third-order valence-electron chi connectivity index (χ3n) is 10.4. The van der Waals surface area contributed by atoms with Gasteiger partial charge in [-0.15, -0.1) is 0 Å². The number of fused-ring (bicyclic) bond motifs is 5. The summed E-state index contributed by atoms with van der Waals surface area (Å²) >= 11 is 0. The van der Waals surface area contributed by atoms with Crippen LogP contribution in [-0.4, -0.2) is 16.9 Å². The maximum absolute atomic E-state index is 10.3. The van der Waals surface area contributed by atoms with Crippen molar-refractivity contribution < 1.29 is 5.11 Å². The first kappa shape index (κ1) is 22.4. The fourth-order valence-corrected chi connectivity index (χ4v) is 8.38. The van der Waals surface area contributed by atoms with Crippen LogP contribution in [0.2, 0.25) is 0 Å². The number of benzene rings is 1. The highest BCUT2D eigenvalue weighted by molar-refractivity contribution is 5.93. The van der Waals surface area contributed by atoms with E-state index < -0.39 is 0 Å². The smallest absolute Gasteiger partial charge is 0.0561 e. The van der Waals surface area contributed by atoms with Gasteiger partial charge in [0.05, 0.1) is 11.8 Å². The van der Waals surface area contributed by atoms with Gasteiger partial charge in [0.15, 0.2) is 0 Å². The number of aliphatic hydroxyl groups is 1. The van der Waals surface area contributed by atoms with Crippen molar-refractivity contribution in [3.05, 3.63) is 29.8 Å². The lowest BCUT2D eigenvalue weighted by atomic mass is 9.45. The molecule has 0 spiro atoms. The summed E-state index contributed by atoms with van der Waals surface area (Å²) in [4.78, 5) is 0. The van der Waals surface area contributed by atoms with E-state index in [4.69, 9.17) is 5.10 Å². The molecule has 4 aliphatic rings. The van der Waals surface area contributed by atoms with E-state index >= 15 is 0 Å². The van der Waals surface area contributed by atoms with Crippen LogP contribution in [0.4, 0.5) is 5.69 Å². The number of anilines is 1. The Morgan fingerprint density at radius 3 is 2.41 bits per heavy atom. The van der Waals surface area contributed by atoms with Gasteiger partial charge >= 0.3 is 0 Å². The minimum absolute atomic E-state index is 0.0489. The van der Waals surface area contributed by atoms with Crippen molar-refractivity contribution in [2.24, 2.45) is 39.6 Å². The van der Waals surface area contributed by atoms with Crippen LogP contribution in [0.3, 0.4) is 0 Å². The molecule has 3 nitrogen and oxygen atoms in total. The maximum atomic E-state index is 10.3. The molecule has 1 aromatic carbocycles. The van der Waals surface area contributed by atoms with Crippen molar-refractivity contribution in [2.45, 2.75) is 104 Å². The van der Waals surface area contributed by atoms with E-state index in [9.17, 15) is 5.11 Å². The lowest BCUT2D eigenvalue weighted by molar-refractivity contribution is -0.113. The maximum Gasteiger partial charge on any atom is 0.0561 e. The molecule has 4 fully saturated rings. The van der Waals surface area contributed by atoms with Crippen LogP contribution < -0.4 is 5.43 Å². The zero-order valence-electron chi connectivity index (χ0n) is 21.0. The molecule has 3 heteroatoms. The monoisotopic (exact) mass is 436 g/mol. The van der Waals surface area contributed by atoms with E-state index in [2.05, 4.69) is 64.3 Å². The normalized spacial score (nSPS) is 42.8. The first-order valence-corrected chi connectivity index (χ1v) is 13.2. The number of hydrogen-bond acceptors (Lipinski definition) is 3. The Kier molecular flexibility index (Phi) is 5.51. The van der Waals surface area contributed by atoms with Crippen LogP contribution >= 0.6 is 0 Å². The summed E-state index contributed by atoms with van der Waals surface area (Å²) in [6.45, 7) is 11.9. The molecule has 0 aromatic heterocycles. The van der Waals surface area contributed by atoms with Gasteiger partial charge < -0.3 is 5.11 Å². The number of nitrogens with one attached hydrogen (secondary N) is 1. The number of rotatable bonds is 2. The first-order valence-electron chi connectivity index (χ1n) is 13.2. The van der Waals surface area contributed by atoms with Gasteiger partial charge in [-0.05, 0) is 110 Å². The van der Waals surface area contributed by atoms with E-state index in [0.29, 0.717) is 5.41 Å². The third kappa shape index (κ3) is 3.63. The Hall–Kier alpha value is -1.35. The summed E-state index contributed by atoms with van der Waals surface area (Å²) in [7, 11) is 0. The van der Waals surface area contributed by atoms with E-state index in [1.165, 1.54) is 49.8 Å². The molecule has 0 bridgehead atoms. The molecule has 4 saturated carbocycles. The van der Waals surface area contributed by atoms with Crippen LogP contribution in [0.5, 0.6) is 0 Å². The standard InChI is InChI=1S/C29H44N2O/c1-27(2,3)19-6-9-21(10-7-19)30-31-26-13-12-24-23-11-8-20-18-22(32)14-16-28(20,4)25(23)15-17-29(24,26)5/h6-7,9-10,20,22-25,30,32H,8,11-18H2,1-5H3/b31-26+/t20?,22-,23-,24+,25+,28+,29+/m1/s1. The van der Waals surface area contributed by atoms with Crippen molar-refractivity contribution >= 4 is 11.4 Å². The molecule has 4 aliphatic carbocycles. The molecule has 2 N–H and O–H groups in total. The van der Waals surface area contributed by atoms with E-state index in [-0.39, 0.29) is 16.9 Å². The predicted octanol–water partition coefficient (Wildman–Crippen LogP) is 7.16. The Morgan fingerprint density at radius 1 is 0.938 bits per heavy atom. The zero-order valence-corrected chi connectivity index (χ0v) is 21.0. The molecule has 7 atom stereocenters. The van der Waals surface area contributed by atoms with E-state index in [1.807, 2.05) is 0 Å². The highest BCUT2D eigenvalue weighted by atomic mass is 16.3. The first-order chi connectivity index (χ1) is 15.1. The fraction of sp³-hybridized carbons (Fsp3) is 0.759. The predicted molar refractivity (Wildman–Crippen MR) is 134 cm³/mol. The molecule has 0 saturated heterocycles. The van der Waals surface area contributed by atoms with Crippen LogP contribution in [0, 0.1) is 34.5 Å². The van der Waals surface area contributed by atoms with Crippen LogP contribution in [0.25, 0.3) is 0 Å². The minimum atomic E-state index is -0.0489. The number of nitrogens with zero attached hydrogens (tertiary/aromatic N) is 1. The van der Waals surface area contributed by atoms with Crippen molar-refractivity contribution in [3.63, 3.8) is 0 Å². The Labute approximate surface area is 195 Å². The SMILES string of the molecule is CC(C)(C)c1ccc(N/N=C2\CC[C@H]3[C@H]4CCC5C[C@H](O)CC[C@]5(C)[C@H]4CC[C@]23C)cc1. The molecule has 176 valence electrons. The Balaban J connectivity index is 1.32. The van der Waals surface area contributed by atoms with Gasteiger partial charge in [0.1, 0.15) is 0 Å². The second-order valence-corrected chi connectivity index (χ2v) is 13.1. The van der Waals surface area contributed by atoms with E-state index in [0.717, 1.165) is 48.6 Å². The van der Waals surface area contributed by atoms with Gasteiger partial charge in [-0.3, -0.25) is 5.43 Å². The highest BCUT2D eigenvalue weighted by Gasteiger charge is 2.59. The van der Waals surface area contributed by atoms with Crippen LogP contribution in [0.1, 0.15) is 98.0 Å². The van der Waals surface area contributed by atoms with Gasteiger partial charge in [-0.2, -0.15) is 5.10 Å². The van der Waals surface area contributed by atoms with Crippen LogP contribution in [0.15, 0.2) is 29.4 Å². The summed E-state index contributed by atoms with van der Waals surface area (Å²) in [5.41, 5.74) is 8.18. The minimum Gasteiger partial charge on any atom is -0.393 e. The summed E-state index contributed by atoms with van der Waals surface area (Å²) in [5, 5.41) is 15.3. The average molecular weight is 437 g/mol. The summed E-state index contributed by atoms with van der Waals surface area (Å²) in [6.07, 6.45) is 11.0. The molecular weight excluding hydrogens is 392 g/mol. The number of aliphatic hydroxyl groups excluding tert-OH is 1. The zero-order chi connectivity index (χ0) is 22.7. The Bertz CT molecular complexity index is 868. The molecule has 0 heterocycles. The molecule has 0 aliphatic heterocycles. The third-order valence-corrected chi connectivity index (χ3v) is 10.4. The van der Waals surface area contributed by atoms with Gasteiger partial charge in [0.2, 0.25) is 0 Å². The highest BCUT2D eigenvalue weighted by Crippen LogP contribution is 2.65. The second-order valence-electron chi connectivity index (χ2n) is 13.1. The van der Waals surface area contributed by atoms with Crippen molar-refractivity contribution in [2.75, 3.05) is 5.43 Å². The summed E-state index contributed by atoms with van der Waals surface area (Å²) < 4.78 is 0. The van der Waals surface area contributed by atoms with Crippen molar-refractivity contribution in [1.82, 2.24) is 0 Å². The van der Waals surface area contributed by atoms with Crippen molar-refractivity contribution in [1.29, 1.82) is 0 Å². The molecular formula is C29H44N2O. The topological polar surface area (TPSA) is 44.6 Å². The molecule has 0 amide bonds. The number of hydrazone groups is 1. The summed E-state index contributed by atoms with van der Waals surface area (Å²) in [5.74, 6) is 3.23. The lowest BCUT2D eigenvalue weighted by Crippen LogP contribution is -2.54. The molecule has 32 heavy (non-hydrogen) atoms. The molecule has 1 aromatic rings. The van der Waals surface area contributed by atoms with E-state index in [1.54, 1.807) is 0 Å². The largest absolute Gasteiger partial charge is 0.393 e. The van der Waals surface area contributed by atoms with Gasteiger partial charge in [-0.25, -0.2) is 0 Å². The van der Waals surface area contributed by atoms with Crippen LogP contribution in [-0.2, 0) is 5.41 Å². The average Bonchev–Trinajstić information content (AvgIpc) is 3.09. The van der Waals surface area contributed by atoms with Gasteiger partial charge in [0.25, 0.3) is 0 Å². The molecule has 5 rings (SSSR count). The quantitative estimate of drug-likeness (QED) is 0.483. The van der Waals surface area contributed by atoms with Gasteiger partial charge in [-0.1, -0.05) is 46.8 Å².